The standard InChI is InChI=1S/C12H7BrClFN2O3/c13-9-4-8(15)5-10(17(18)19)11(9)20-6-7-2-1-3-16-12(7)14/h1-5H,6H2. The second-order valence-electron chi connectivity index (χ2n) is 3.73. The van der Waals surface area contributed by atoms with Crippen LogP contribution in [0.5, 0.6) is 5.75 Å². The van der Waals surface area contributed by atoms with Crippen LogP contribution < -0.4 is 4.74 Å². The van der Waals surface area contributed by atoms with Crippen LogP contribution in [-0.2, 0) is 6.61 Å². The molecule has 1 aromatic carbocycles. The number of halogens is 3. The normalized spacial score (nSPS) is 10.3. The van der Waals surface area contributed by atoms with E-state index in [0.717, 1.165) is 12.1 Å². The summed E-state index contributed by atoms with van der Waals surface area (Å²) in [7, 11) is 0. The van der Waals surface area contributed by atoms with Crippen LogP contribution in [0.15, 0.2) is 34.9 Å². The number of nitro groups is 1. The smallest absolute Gasteiger partial charge is 0.315 e. The summed E-state index contributed by atoms with van der Waals surface area (Å²) in [6, 6.07) is 5.23. The Morgan fingerprint density at radius 1 is 1.50 bits per heavy atom. The highest BCUT2D eigenvalue weighted by atomic mass is 79.9. The maximum atomic E-state index is 13.2. The molecule has 0 unspecified atom stereocenters. The number of nitrogens with zero attached hydrogens (tertiary/aromatic N) is 2. The monoisotopic (exact) mass is 360 g/mol. The van der Waals surface area contributed by atoms with Gasteiger partial charge in [-0.2, -0.15) is 0 Å². The van der Waals surface area contributed by atoms with Gasteiger partial charge in [-0.25, -0.2) is 9.37 Å². The SMILES string of the molecule is O=[N+]([O-])c1cc(F)cc(Br)c1OCc1cccnc1Cl. The average Bonchev–Trinajstić information content (AvgIpc) is 2.38. The fourth-order valence-corrected chi connectivity index (χ4v) is 2.21. The fourth-order valence-electron chi connectivity index (χ4n) is 1.50. The predicted molar refractivity (Wildman–Crippen MR) is 74.3 cm³/mol. The molecule has 0 fully saturated rings. The van der Waals surface area contributed by atoms with Crippen LogP contribution in [0.4, 0.5) is 10.1 Å². The van der Waals surface area contributed by atoms with E-state index in [9.17, 15) is 14.5 Å². The minimum Gasteiger partial charge on any atom is -0.481 e. The van der Waals surface area contributed by atoms with Gasteiger partial charge in [0.25, 0.3) is 0 Å². The zero-order valence-electron chi connectivity index (χ0n) is 9.85. The molecule has 104 valence electrons. The van der Waals surface area contributed by atoms with Gasteiger partial charge in [-0.3, -0.25) is 10.1 Å². The van der Waals surface area contributed by atoms with Crippen molar-refractivity contribution in [2.45, 2.75) is 6.61 Å². The largest absolute Gasteiger partial charge is 0.481 e. The number of hydrogen-bond acceptors (Lipinski definition) is 4. The number of rotatable bonds is 4. The number of nitro benzene ring substituents is 1. The van der Waals surface area contributed by atoms with Crippen molar-refractivity contribution in [3.63, 3.8) is 0 Å². The van der Waals surface area contributed by atoms with Crippen molar-refractivity contribution in [1.29, 1.82) is 0 Å². The second kappa shape index (κ2) is 6.15. The van der Waals surface area contributed by atoms with Crippen molar-refractivity contribution in [2.75, 3.05) is 0 Å². The van der Waals surface area contributed by atoms with Crippen LogP contribution >= 0.6 is 27.5 Å². The molecular weight excluding hydrogens is 354 g/mol. The zero-order valence-corrected chi connectivity index (χ0v) is 12.2. The van der Waals surface area contributed by atoms with E-state index in [1.807, 2.05) is 0 Å². The van der Waals surface area contributed by atoms with Gasteiger partial charge in [-0.1, -0.05) is 17.7 Å². The third kappa shape index (κ3) is 3.23. The van der Waals surface area contributed by atoms with E-state index in [2.05, 4.69) is 20.9 Å². The Hall–Kier alpha value is -1.73. The number of aromatic nitrogens is 1. The molecule has 1 aromatic heterocycles. The van der Waals surface area contributed by atoms with Crippen molar-refractivity contribution >= 4 is 33.2 Å². The van der Waals surface area contributed by atoms with E-state index in [1.54, 1.807) is 12.1 Å². The van der Waals surface area contributed by atoms with E-state index >= 15 is 0 Å². The molecule has 0 N–H and O–H groups in total. The van der Waals surface area contributed by atoms with Gasteiger partial charge in [0.1, 0.15) is 17.6 Å². The lowest BCUT2D eigenvalue weighted by Crippen LogP contribution is -2.01. The number of benzene rings is 1. The molecule has 0 bridgehead atoms. The minimum absolute atomic E-state index is 0.0161. The molecule has 0 aliphatic carbocycles. The van der Waals surface area contributed by atoms with E-state index in [1.165, 1.54) is 6.20 Å². The molecule has 0 saturated carbocycles. The average molecular weight is 362 g/mol. The summed E-state index contributed by atoms with van der Waals surface area (Å²) < 4.78 is 18.7. The summed E-state index contributed by atoms with van der Waals surface area (Å²) >= 11 is 8.90. The zero-order chi connectivity index (χ0) is 14.7. The molecule has 0 atom stereocenters. The van der Waals surface area contributed by atoms with Crippen LogP contribution in [0, 0.1) is 15.9 Å². The van der Waals surface area contributed by atoms with Crippen molar-refractivity contribution in [3.05, 3.63) is 61.6 Å². The summed E-state index contributed by atoms with van der Waals surface area (Å²) in [5.74, 6) is -0.786. The lowest BCUT2D eigenvalue weighted by atomic mass is 10.2. The van der Waals surface area contributed by atoms with Crippen LogP contribution in [0.3, 0.4) is 0 Å². The summed E-state index contributed by atoms with van der Waals surface area (Å²) in [4.78, 5) is 14.1. The Balaban J connectivity index is 2.30. The Morgan fingerprint density at radius 2 is 2.25 bits per heavy atom. The Kier molecular flexibility index (Phi) is 4.51. The minimum atomic E-state index is -0.727. The highest BCUT2D eigenvalue weighted by Gasteiger charge is 2.21. The molecule has 5 nitrogen and oxygen atoms in total. The van der Waals surface area contributed by atoms with Crippen LogP contribution in [0.1, 0.15) is 5.56 Å². The third-order valence-electron chi connectivity index (χ3n) is 2.39. The maximum absolute atomic E-state index is 13.2. The maximum Gasteiger partial charge on any atom is 0.315 e. The molecular formula is C12H7BrClFN2O3. The van der Waals surface area contributed by atoms with Gasteiger partial charge in [0.15, 0.2) is 0 Å². The van der Waals surface area contributed by atoms with Crippen molar-refractivity contribution in [3.8, 4) is 5.75 Å². The quantitative estimate of drug-likeness (QED) is 0.467. The molecule has 2 rings (SSSR count). The summed E-state index contributed by atoms with van der Waals surface area (Å²) in [6.07, 6.45) is 1.52. The van der Waals surface area contributed by atoms with Gasteiger partial charge < -0.3 is 4.74 Å². The molecule has 0 aliphatic rings. The highest BCUT2D eigenvalue weighted by molar-refractivity contribution is 9.10. The van der Waals surface area contributed by atoms with E-state index in [0.29, 0.717) is 5.56 Å². The molecule has 8 heteroatoms. The van der Waals surface area contributed by atoms with Gasteiger partial charge >= 0.3 is 5.69 Å². The highest BCUT2D eigenvalue weighted by Crippen LogP contribution is 2.36. The molecule has 0 spiro atoms. The van der Waals surface area contributed by atoms with Crippen LogP contribution in [0.25, 0.3) is 0 Å². The van der Waals surface area contributed by atoms with Crippen LogP contribution in [0.2, 0.25) is 5.15 Å². The fraction of sp³-hybridized carbons (Fsp3) is 0.0833. The molecule has 0 saturated heterocycles. The number of hydrogen-bond donors (Lipinski definition) is 0. The van der Waals surface area contributed by atoms with E-state index < -0.39 is 16.4 Å². The lowest BCUT2D eigenvalue weighted by molar-refractivity contribution is -0.386. The van der Waals surface area contributed by atoms with Gasteiger partial charge in [0, 0.05) is 11.8 Å². The number of ether oxygens (including phenoxy) is 1. The first-order valence-corrected chi connectivity index (χ1v) is 6.51. The third-order valence-corrected chi connectivity index (χ3v) is 3.32. The number of pyridine rings is 1. The van der Waals surface area contributed by atoms with E-state index in [4.69, 9.17) is 16.3 Å². The van der Waals surface area contributed by atoms with Gasteiger partial charge in [0.2, 0.25) is 5.75 Å². The Morgan fingerprint density at radius 3 is 2.90 bits per heavy atom. The first-order valence-electron chi connectivity index (χ1n) is 5.34. The van der Waals surface area contributed by atoms with Gasteiger partial charge in [-0.15, -0.1) is 0 Å². The predicted octanol–water partition coefficient (Wildman–Crippen LogP) is 4.12. The Bertz CT molecular complexity index is 669. The topological polar surface area (TPSA) is 65.3 Å². The van der Waals surface area contributed by atoms with Crippen molar-refractivity contribution in [1.82, 2.24) is 4.98 Å². The summed E-state index contributed by atoms with van der Waals surface area (Å²) in [5, 5.41) is 11.1. The summed E-state index contributed by atoms with van der Waals surface area (Å²) in [6.45, 7) is -0.0161. The molecule has 1 heterocycles. The Labute approximate surface area is 126 Å². The molecule has 2 aromatic rings. The molecule has 0 radical (unpaired) electrons. The van der Waals surface area contributed by atoms with Crippen molar-refractivity contribution < 1.29 is 14.1 Å². The van der Waals surface area contributed by atoms with Gasteiger partial charge in [-0.05, 0) is 28.1 Å². The van der Waals surface area contributed by atoms with Crippen LogP contribution in [-0.4, -0.2) is 9.91 Å². The second-order valence-corrected chi connectivity index (χ2v) is 4.95. The van der Waals surface area contributed by atoms with E-state index in [-0.39, 0.29) is 22.0 Å². The molecule has 0 aliphatic heterocycles. The van der Waals surface area contributed by atoms with Gasteiger partial charge in [0.05, 0.1) is 15.5 Å². The first kappa shape index (κ1) is 14.7. The molecule has 20 heavy (non-hydrogen) atoms. The lowest BCUT2D eigenvalue weighted by Gasteiger charge is -2.09. The summed E-state index contributed by atoms with van der Waals surface area (Å²) in [5.41, 5.74) is 0.108. The first-order chi connectivity index (χ1) is 9.49. The van der Waals surface area contributed by atoms with Crippen molar-refractivity contribution in [2.24, 2.45) is 0 Å². The molecule has 0 amide bonds.